The van der Waals surface area contributed by atoms with Crippen molar-refractivity contribution in [2.45, 2.75) is 64.5 Å². The molecule has 0 bridgehead atoms. The van der Waals surface area contributed by atoms with Crippen LogP contribution in [0.4, 0.5) is 0 Å². The van der Waals surface area contributed by atoms with Gasteiger partial charge in [-0.05, 0) is 44.2 Å². The molecule has 2 fully saturated rings. The van der Waals surface area contributed by atoms with Crippen molar-refractivity contribution in [2.24, 2.45) is 5.41 Å². The summed E-state index contributed by atoms with van der Waals surface area (Å²) in [4.78, 5) is 2.39. The van der Waals surface area contributed by atoms with E-state index < -0.39 is 0 Å². The van der Waals surface area contributed by atoms with E-state index in [0.717, 1.165) is 13.1 Å². The third kappa shape index (κ3) is 3.94. The highest BCUT2D eigenvalue weighted by molar-refractivity contribution is 4.88. The van der Waals surface area contributed by atoms with Crippen molar-refractivity contribution in [2.75, 3.05) is 26.2 Å². The molecule has 1 heterocycles. The Bertz CT molecular complexity index is 249. The maximum atomic E-state index is 10.1. The van der Waals surface area contributed by atoms with E-state index in [9.17, 15) is 5.11 Å². The molecule has 0 spiro atoms. The molecule has 18 heavy (non-hydrogen) atoms. The number of β-amino-alcohol motifs (C(OH)–C–C–N with tert-alkyl or cyclic N) is 1. The van der Waals surface area contributed by atoms with Crippen molar-refractivity contribution in [3.05, 3.63) is 0 Å². The molecule has 2 atom stereocenters. The van der Waals surface area contributed by atoms with Crippen LogP contribution in [-0.2, 0) is 0 Å². The summed E-state index contributed by atoms with van der Waals surface area (Å²) >= 11 is 0. The summed E-state index contributed by atoms with van der Waals surface area (Å²) in [7, 11) is 0. The van der Waals surface area contributed by atoms with Gasteiger partial charge in [0.1, 0.15) is 0 Å². The highest BCUT2D eigenvalue weighted by atomic mass is 16.3. The van der Waals surface area contributed by atoms with Gasteiger partial charge in [-0.15, -0.1) is 0 Å². The van der Waals surface area contributed by atoms with E-state index in [1.165, 1.54) is 51.6 Å². The summed E-state index contributed by atoms with van der Waals surface area (Å²) in [5, 5.41) is 13.7. The molecule has 1 saturated carbocycles. The van der Waals surface area contributed by atoms with Gasteiger partial charge in [0.05, 0.1) is 6.10 Å². The topological polar surface area (TPSA) is 35.5 Å². The Morgan fingerprint density at radius 3 is 2.61 bits per heavy atom. The molecular formula is C15H30N2O. The van der Waals surface area contributed by atoms with E-state index in [0.29, 0.717) is 11.5 Å². The molecule has 0 amide bonds. The number of hydrogen-bond acceptors (Lipinski definition) is 3. The van der Waals surface area contributed by atoms with Gasteiger partial charge in [0.2, 0.25) is 0 Å². The van der Waals surface area contributed by atoms with E-state index in [1.54, 1.807) is 0 Å². The molecule has 1 aliphatic heterocycles. The molecule has 0 radical (unpaired) electrons. The molecule has 0 aromatic rings. The predicted octanol–water partition coefficient (Wildman–Crippen LogP) is 2.00. The summed E-state index contributed by atoms with van der Waals surface area (Å²) in [5.74, 6) is 0. The van der Waals surface area contributed by atoms with Crippen LogP contribution in [-0.4, -0.2) is 48.3 Å². The molecule has 1 saturated heterocycles. The van der Waals surface area contributed by atoms with Gasteiger partial charge >= 0.3 is 0 Å². The van der Waals surface area contributed by atoms with Crippen LogP contribution < -0.4 is 5.32 Å². The lowest BCUT2D eigenvalue weighted by atomic mass is 9.73. The Labute approximate surface area is 112 Å². The molecule has 2 rings (SSSR count). The molecule has 2 unspecified atom stereocenters. The zero-order valence-corrected chi connectivity index (χ0v) is 12.1. The van der Waals surface area contributed by atoms with Crippen LogP contribution >= 0.6 is 0 Å². The molecule has 2 aliphatic rings. The first-order valence-electron chi connectivity index (χ1n) is 7.72. The molecule has 106 valence electrons. The Hall–Kier alpha value is -0.120. The zero-order valence-electron chi connectivity index (χ0n) is 12.1. The van der Waals surface area contributed by atoms with Crippen LogP contribution in [0.2, 0.25) is 0 Å². The summed E-state index contributed by atoms with van der Waals surface area (Å²) in [5.41, 5.74) is 0.394. The standard InChI is InChI=1S/C15H30N2O/c1-15(2)8-4-3-7-14(15)16-11-13(18)12-17-9-5-6-10-17/h13-14,16,18H,3-12H2,1-2H3. The van der Waals surface area contributed by atoms with Crippen molar-refractivity contribution < 1.29 is 5.11 Å². The van der Waals surface area contributed by atoms with Gasteiger partial charge in [-0.25, -0.2) is 0 Å². The van der Waals surface area contributed by atoms with Crippen LogP contribution in [0.25, 0.3) is 0 Å². The van der Waals surface area contributed by atoms with Gasteiger partial charge in [0.25, 0.3) is 0 Å². The minimum atomic E-state index is -0.208. The first-order valence-corrected chi connectivity index (χ1v) is 7.72. The average molecular weight is 254 g/mol. The van der Waals surface area contributed by atoms with E-state index in [4.69, 9.17) is 0 Å². The van der Waals surface area contributed by atoms with Crippen molar-refractivity contribution in [3.8, 4) is 0 Å². The lowest BCUT2D eigenvalue weighted by Crippen LogP contribution is -2.48. The number of nitrogens with one attached hydrogen (secondary N) is 1. The van der Waals surface area contributed by atoms with E-state index in [2.05, 4.69) is 24.1 Å². The molecule has 0 aromatic heterocycles. The van der Waals surface area contributed by atoms with Gasteiger partial charge in [0.15, 0.2) is 0 Å². The van der Waals surface area contributed by atoms with Gasteiger partial charge in [-0.1, -0.05) is 26.7 Å². The minimum absolute atomic E-state index is 0.208. The third-order valence-corrected chi connectivity index (χ3v) is 4.77. The fourth-order valence-corrected chi connectivity index (χ4v) is 3.48. The maximum Gasteiger partial charge on any atom is 0.0791 e. The second-order valence-electron chi connectivity index (χ2n) is 6.86. The zero-order chi connectivity index (χ0) is 13.0. The quantitative estimate of drug-likeness (QED) is 0.788. The monoisotopic (exact) mass is 254 g/mol. The summed E-state index contributed by atoms with van der Waals surface area (Å²) in [6, 6.07) is 0.583. The highest BCUT2D eigenvalue weighted by Gasteiger charge is 2.32. The van der Waals surface area contributed by atoms with Crippen LogP contribution in [0.15, 0.2) is 0 Å². The predicted molar refractivity (Wildman–Crippen MR) is 75.7 cm³/mol. The van der Waals surface area contributed by atoms with Crippen LogP contribution in [0.3, 0.4) is 0 Å². The van der Waals surface area contributed by atoms with Gasteiger partial charge in [-0.3, -0.25) is 0 Å². The Morgan fingerprint density at radius 2 is 1.94 bits per heavy atom. The molecule has 1 aliphatic carbocycles. The Balaban J connectivity index is 1.69. The van der Waals surface area contributed by atoms with E-state index >= 15 is 0 Å². The lowest BCUT2D eigenvalue weighted by Gasteiger charge is -2.39. The molecule has 0 aromatic carbocycles. The van der Waals surface area contributed by atoms with Gasteiger partial charge in [-0.2, -0.15) is 0 Å². The summed E-state index contributed by atoms with van der Waals surface area (Å²) in [6.45, 7) is 8.66. The van der Waals surface area contributed by atoms with Crippen LogP contribution in [0, 0.1) is 5.41 Å². The normalized spacial score (nSPS) is 30.5. The number of aliphatic hydroxyl groups excluding tert-OH is 1. The first kappa shape index (κ1) is 14.3. The molecule has 3 heteroatoms. The molecule has 2 N–H and O–H groups in total. The third-order valence-electron chi connectivity index (χ3n) is 4.77. The second-order valence-corrected chi connectivity index (χ2v) is 6.86. The number of likely N-dealkylation sites (tertiary alicyclic amines) is 1. The SMILES string of the molecule is CC1(C)CCCCC1NCC(O)CN1CCCC1. The van der Waals surface area contributed by atoms with Crippen molar-refractivity contribution in [1.29, 1.82) is 0 Å². The fraction of sp³-hybridized carbons (Fsp3) is 1.00. The van der Waals surface area contributed by atoms with Crippen molar-refractivity contribution in [3.63, 3.8) is 0 Å². The first-order chi connectivity index (χ1) is 8.58. The Morgan fingerprint density at radius 1 is 1.22 bits per heavy atom. The number of hydrogen-bond donors (Lipinski definition) is 2. The minimum Gasteiger partial charge on any atom is -0.390 e. The van der Waals surface area contributed by atoms with Crippen LogP contribution in [0.5, 0.6) is 0 Å². The summed E-state index contributed by atoms with van der Waals surface area (Å²) < 4.78 is 0. The molecule has 3 nitrogen and oxygen atoms in total. The number of aliphatic hydroxyl groups is 1. The average Bonchev–Trinajstić information content (AvgIpc) is 2.80. The van der Waals surface area contributed by atoms with E-state index in [1.807, 2.05) is 0 Å². The maximum absolute atomic E-state index is 10.1. The lowest BCUT2D eigenvalue weighted by molar-refractivity contribution is 0.100. The Kier molecular flexibility index (Phi) is 5.05. The highest BCUT2D eigenvalue weighted by Crippen LogP contribution is 2.35. The largest absolute Gasteiger partial charge is 0.390 e. The van der Waals surface area contributed by atoms with Crippen molar-refractivity contribution >= 4 is 0 Å². The number of rotatable bonds is 5. The fourth-order valence-electron chi connectivity index (χ4n) is 3.48. The smallest absolute Gasteiger partial charge is 0.0791 e. The van der Waals surface area contributed by atoms with Crippen molar-refractivity contribution in [1.82, 2.24) is 10.2 Å². The molecular weight excluding hydrogens is 224 g/mol. The summed E-state index contributed by atoms with van der Waals surface area (Å²) in [6.07, 6.45) is 7.67. The van der Waals surface area contributed by atoms with E-state index in [-0.39, 0.29) is 6.10 Å². The number of nitrogens with zero attached hydrogens (tertiary/aromatic N) is 1. The van der Waals surface area contributed by atoms with Crippen LogP contribution in [0.1, 0.15) is 52.4 Å². The van der Waals surface area contributed by atoms with Gasteiger partial charge < -0.3 is 15.3 Å². The second kappa shape index (κ2) is 6.36. The van der Waals surface area contributed by atoms with Gasteiger partial charge in [0, 0.05) is 19.1 Å².